The number of benzene rings is 1. The van der Waals surface area contributed by atoms with Gasteiger partial charge in [-0.3, -0.25) is 4.68 Å². The molecule has 3 nitrogen and oxygen atoms in total. The van der Waals surface area contributed by atoms with Crippen molar-refractivity contribution in [2.45, 2.75) is 12.4 Å². The van der Waals surface area contributed by atoms with Crippen LogP contribution in [0.3, 0.4) is 0 Å². The highest BCUT2D eigenvalue weighted by molar-refractivity contribution is 5.45. The zero-order valence-corrected chi connectivity index (χ0v) is 10.5. The molecule has 9 heteroatoms. The third-order valence-corrected chi connectivity index (χ3v) is 2.52. The molecule has 0 radical (unpaired) electrons. The molecule has 1 aromatic carbocycles. The zero-order chi connectivity index (χ0) is 15.8. The van der Waals surface area contributed by atoms with Crippen molar-refractivity contribution in [2.24, 2.45) is 7.05 Å². The van der Waals surface area contributed by atoms with E-state index in [-0.39, 0.29) is 5.88 Å². The van der Waals surface area contributed by atoms with Gasteiger partial charge in [0.25, 0.3) is 0 Å². The number of hydrogen-bond donors (Lipinski definition) is 0. The number of aryl methyl sites for hydroxylation is 1. The summed E-state index contributed by atoms with van der Waals surface area (Å²) >= 11 is 0. The minimum Gasteiger partial charge on any atom is -0.437 e. The first kappa shape index (κ1) is 15.2. The lowest BCUT2D eigenvalue weighted by Gasteiger charge is -2.18. The molecule has 0 aliphatic carbocycles. The summed E-state index contributed by atoms with van der Waals surface area (Å²) in [6.07, 6.45) is -8.97. The molecule has 1 heterocycles. The summed E-state index contributed by atoms with van der Waals surface area (Å²) in [6, 6.07) is 3.25. The number of halogens is 6. The van der Waals surface area contributed by atoms with Gasteiger partial charge in [0.05, 0.1) is 5.56 Å². The Kier molecular flexibility index (Phi) is 3.60. The molecule has 0 saturated carbocycles. The molecular formula is C12H8F6N2O. The lowest BCUT2D eigenvalue weighted by molar-refractivity contribution is -0.162. The Balaban J connectivity index is 2.55. The molecule has 0 bridgehead atoms. The maximum Gasteiger partial charge on any atom is 0.420 e. The van der Waals surface area contributed by atoms with Crippen molar-refractivity contribution in [1.82, 2.24) is 9.78 Å². The van der Waals surface area contributed by atoms with Gasteiger partial charge in [-0.15, -0.1) is 5.10 Å². The van der Waals surface area contributed by atoms with Crippen molar-refractivity contribution in [2.75, 3.05) is 0 Å². The fourth-order valence-electron chi connectivity index (χ4n) is 1.71. The van der Waals surface area contributed by atoms with Crippen LogP contribution in [0.4, 0.5) is 26.3 Å². The predicted molar refractivity (Wildman–Crippen MR) is 59.7 cm³/mol. The third kappa shape index (κ3) is 3.29. The molecule has 0 fully saturated rings. The summed E-state index contributed by atoms with van der Waals surface area (Å²) in [5.41, 5.74) is -3.67. The number of hydrogen-bond acceptors (Lipinski definition) is 2. The minimum absolute atomic E-state index is 0.234. The van der Waals surface area contributed by atoms with Gasteiger partial charge in [0.2, 0.25) is 5.88 Å². The standard InChI is InChI=1S/C12H8F6N2O/c1-20-6-5-9(19-20)21-8-4-2-3-7(11(13,14)15)10(8)12(16,17)18/h2-6H,1H3. The Hall–Kier alpha value is -2.19. The van der Waals surface area contributed by atoms with Crippen LogP contribution in [0.2, 0.25) is 0 Å². The van der Waals surface area contributed by atoms with Gasteiger partial charge in [0, 0.05) is 19.3 Å². The summed E-state index contributed by atoms with van der Waals surface area (Å²) in [7, 11) is 1.49. The monoisotopic (exact) mass is 310 g/mol. The van der Waals surface area contributed by atoms with E-state index in [9.17, 15) is 26.3 Å². The van der Waals surface area contributed by atoms with E-state index in [1.165, 1.54) is 24.0 Å². The van der Waals surface area contributed by atoms with Crippen LogP contribution in [0.15, 0.2) is 30.5 Å². The van der Waals surface area contributed by atoms with Gasteiger partial charge in [0.15, 0.2) is 0 Å². The normalized spacial score (nSPS) is 12.5. The molecule has 0 atom stereocenters. The molecule has 0 unspecified atom stereocenters. The van der Waals surface area contributed by atoms with Crippen molar-refractivity contribution < 1.29 is 31.1 Å². The van der Waals surface area contributed by atoms with Crippen molar-refractivity contribution in [3.05, 3.63) is 41.6 Å². The highest BCUT2D eigenvalue weighted by Gasteiger charge is 2.45. The average molecular weight is 310 g/mol. The van der Waals surface area contributed by atoms with E-state index in [0.717, 1.165) is 12.1 Å². The quantitative estimate of drug-likeness (QED) is 0.775. The Bertz CT molecular complexity index is 644. The number of aromatic nitrogens is 2. The van der Waals surface area contributed by atoms with Crippen molar-refractivity contribution >= 4 is 0 Å². The largest absolute Gasteiger partial charge is 0.437 e. The summed E-state index contributed by atoms with van der Waals surface area (Å²) in [6.45, 7) is 0. The summed E-state index contributed by atoms with van der Waals surface area (Å²) in [4.78, 5) is 0. The maximum atomic E-state index is 12.9. The number of nitrogens with zero attached hydrogens (tertiary/aromatic N) is 2. The molecule has 0 saturated heterocycles. The second-order valence-corrected chi connectivity index (χ2v) is 4.10. The van der Waals surface area contributed by atoms with Gasteiger partial charge < -0.3 is 4.74 Å². The molecule has 2 rings (SSSR count). The Morgan fingerprint density at radius 1 is 1.00 bits per heavy atom. The first-order valence-electron chi connectivity index (χ1n) is 5.54. The van der Waals surface area contributed by atoms with Gasteiger partial charge in [0.1, 0.15) is 11.3 Å². The third-order valence-electron chi connectivity index (χ3n) is 2.52. The van der Waals surface area contributed by atoms with E-state index < -0.39 is 29.2 Å². The highest BCUT2D eigenvalue weighted by Crippen LogP contribution is 2.45. The molecule has 0 N–H and O–H groups in total. The Morgan fingerprint density at radius 3 is 2.14 bits per heavy atom. The molecule has 1 aromatic heterocycles. The second-order valence-electron chi connectivity index (χ2n) is 4.10. The van der Waals surface area contributed by atoms with Crippen LogP contribution in [-0.4, -0.2) is 9.78 Å². The van der Waals surface area contributed by atoms with Gasteiger partial charge in [-0.2, -0.15) is 26.3 Å². The molecule has 0 amide bonds. The van der Waals surface area contributed by atoms with E-state index in [1.54, 1.807) is 0 Å². The first-order valence-corrected chi connectivity index (χ1v) is 5.54. The predicted octanol–water partition coefficient (Wildman–Crippen LogP) is 4.25. The fourth-order valence-corrected chi connectivity index (χ4v) is 1.71. The average Bonchev–Trinajstić information content (AvgIpc) is 2.72. The number of alkyl halides is 6. The molecule has 2 aromatic rings. The first-order chi connectivity index (χ1) is 9.59. The minimum atomic E-state index is -5.21. The molecule has 0 aliphatic heterocycles. The van der Waals surface area contributed by atoms with Gasteiger partial charge >= 0.3 is 12.4 Å². The van der Waals surface area contributed by atoms with Crippen LogP contribution < -0.4 is 4.74 Å². The summed E-state index contributed by atoms with van der Waals surface area (Å²) < 4.78 is 83.1. The maximum absolute atomic E-state index is 12.9. The van der Waals surface area contributed by atoms with Crippen molar-refractivity contribution in [1.29, 1.82) is 0 Å². The van der Waals surface area contributed by atoms with Crippen LogP contribution in [0.1, 0.15) is 11.1 Å². The molecule has 21 heavy (non-hydrogen) atoms. The zero-order valence-electron chi connectivity index (χ0n) is 10.5. The lowest BCUT2D eigenvalue weighted by Crippen LogP contribution is -2.17. The second kappa shape index (κ2) is 4.97. The van der Waals surface area contributed by atoms with E-state index in [0.29, 0.717) is 6.07 Å². The molecule has 0 aliphatic rings. The van der Waals surface area contributed by atoms with Crippen LogP contribution in [0.5, 0.6) is 11.6 Å². The molecule has 114 valence electrons. The van der Waals surface area contributed by atoms with Crippen LogP contribution in [0.25, 0.3) is 0 Å². The molecule has 0 spiro atoms. The Morgan fingerprint density at radius 2 is 1.67 bits per heavy atom. The molecular weight excluding hydrogens is 302 g/mol. The van der Waals surface area contributed by atoms with Gasteiger partial charge in [-0.25, -0.2) is 0 Å². The lowest BCUT2D eigenvalue weighted by atomic mass is 10.1. The highest BCUT2D eigenvalue weighted by atomic mass is 19.4. The van der Waals surface area contributed by atoms with Crippen molar-refractivity contribution in [3.63, 3.8) is 0 Å². The number of rotatable bonds is 2. The van der Waals surface area contributed by atoms with Crippen molar-refractivity contribution in [3.8, 4) is 11.6 Å². The van der Waals surface area contributed by atoms with Crippen LogP contribution >= 0.6 is 0 Å². The smallest absolute Gasteiger partial charge is 0.420 e. The SMILES string of the molecule is Cn1ccc(Oc2cccc(C(F)(F)F)c2C(F)(F)F)n1. The number of ether oxygens (including phenoxy) is 1. The summed E-state index contributed by atoms with van der Waals surface area (Å²) in [5, 5.41) is 3.67. The van der Waals surface area contributed by atoms with Gasteiger partial charge in [-0.05, 0) is 12.1 Å². The van der Waals surface area contributed by atoms with E-state index in [2.05, 4.69) is 5.10 Å². The summed E-state index contributed by atoms with van der Waals surface area (Å²) in [5.74, 6) is -1.18. The van der Waals surface area contributed by atoms with E-state index in [1.807, 2.05) is 0 Å². The topological polar surface area (TPSA) is 27.1 Å². The van der Waals surface area contributed by atoms with E-state index in [4.69, 9.17) is 4.74 Å². The van der Waals surface area contributed by atoms with E-state index >= 15 is 0 Å². The Labute approximate surface area is 114 Å². The van der Waals surface area contributed by atoms with Gasteiger partial charge in [-0.1, -0.05) is 6.07 Å². The van der Waals surface area contributed by atoms with Crippen LogP contribution in [-0.2, 0) is 19.4 Å². The fraction of sp³-hybridized carbons (Fsp3) is 0.250. The van der Waals surface area contributed by atoms with Crippen LogP contribution in [0, 0.1) is 0 Å².